The van der Waals surface area contributed by atoms with E-state index in [9.17, 15) is 14.7 Å². The van der Waals surface area contributed by atoms with E-state index in [-0.39, 0.29) is 18.4 Å². The molecule has 0 spiro atoms. The quantitative estimate of drug-likeness (QED) is 0.531. The number of fused-ring (bicyclic) bond motifs is 1. The van der Waals surface area contributed by atoms with Crippen LogP contribution in [0.5, 0.6) is 5.75 Å². The highest BCUT2D eigenvalue weighted by Gasteiger charge is 2.76. The molecule has 1 aromatic carbocycles. The summed E-state index contributed by atoms with van der Waals surface area (Å²) < 4.78 is 17.2. The smallest absolute Gasteiger partial charge is 0.337 e. The Morgan fingerprint density at radius 1 is 1.29 bits per heavy atom. The summed E-state index contributed by atoms with van der Waals surface area (Å²) in [6, 6.07) is 8.18. The Kier molecular flexibility index (Phi) is 6.30. The lowest BCUT2D eigenvalue weighted by Gasteiger charge is -2.53. The van der Waals surface area contributed by atoms with Crippen LogP contribution < -0.4 is 4.74 Å². The lowest BCUT2D eigenvalue weighted by atomic mass is 9.69. The minimum absolute atomic E-state index is 0.166. The normalized spacial score (nSPS) is 30.8. The molecule has 1 N–H and O–H groups in total. The van der Waals surface area contributed by atoms with E-state index in [1.807, 2.05) is 45.0 Å². The number of hydrogen-bond acceptors (Lipinski definition) is 6. The van der Waals surface area contributed by atoms with E-state index in [0.29, 0.717) is 12.2 Å². The lowest BCUT2D eigenvalue weighted by molar-refractivity contribution is -0.189. The van der Waals surface area contributed by atoms with Crippen molar-refractivity contribution in [2.24, 2.45) is 11.8 Å². The molecule has 1 aromatic rings. The molecule has 0 aliphatic carbocycles. The number of rotatable bonds is 6. The largest absolute Gasteiger partial charge is 0.497 e. The summed E-state index contributed by atoms with van der Waals surface area (Å²) >= 11 is 0. The highest BCUT2D eigenvalue weighted by Crippen LogP contribution is 2.55. The molecule has 2 saturated heterocycles. The molecule has 0 unspecified atom stereocenters. The summed E-state index contributed by atoms with van der Waals surface area (Å²) in [6.07, 6.45) is -0.517. The number of hydrogen-bond donors (Lipinski definition) is 1. The maximum atomic E-state index is 13.8. The van der Waals surface area contributed by atoms with Crippen molar-refractivity contribution >= 4 is 20.2 Å². The van der Waals surface area contributed by atoms with Gasteiger partial charge in [0, 0.05) is 6.54 Å². The van der Waals surface area contributed by atoms with Crippen LogP contribution >= 0.6 is 0 Å². The van der Waals surface area contributed by atoms with E-state index in [2.05, 4.69) is 13.1 Å². The van der Waals surface area contributed by atoms with Gasteiger partial charge in [0.1, 0.15) is 11.4 Å². The zero-order chi connectivity index (χ0) is 23.2. The standard InChI is InChI=1S/C23H35NO6Si/c1-15(2)19(25)23(21(27)29-5)22(3)18(12-13-31(6,7)30-22)20(26)24(23)14-16-8-10-17(28-4)11-9-16/h8-11,15,18-19,25H,12-14H2,1-7H3/t18-,19-,22-,23-/m0/s1. The molecule has 8 heteroatoms. The Balaban J connectivity index is 2.20. The average Bonchev–Trinajstić information content (AvgIpc) is 2.89. The minimum Gasteiger partial charge on any atom is -0.497 e. The molecule has 2 heterocycles. The van der Waals surface area contributed by atoms with Gasteiger partial charge in [-0.25, -0.2) is 4.79 Å². The Bertz CT molecular complexity index is 841. The summed E-state index contributed by atoms with van der Waals surface area (Å²) in [6.45, 7) is 9.85. The van der Waals surface area contributed by atoms with E-state index >= 15 is 0 Å². The van der Waals surface area contributed by atoms with Gasteiger partial charge in [-0.1, -0.05) is 26.0 Å². The van der Waals surface area contributed by atoms with Crippen molar-refractivity contribution in [1.82, 2.24) is 4.90 Å². The van der Waals surface area contributed by atoms with Crippen molar-refractivity contribution in [2.45, 2.75) is 70.1 Å². The van der Waals surface area contributed by atoms with Crippen molar-refractivity contribution in [3.63, 3.8) is 0 Å². The van der Waals surface area contributed by atoms with Gasteiger partial charge in [-0.05, 0) is 56.1 Å². The number of aliphatic hydroxyl groups excluding tert-OH is 1. The second-order valence-corrected chi connectivity index (χ2v) is 14.0. The molecule has 31 heavy (non-hydrogen) atoms. The highest BCUT2D eigenvalue weighted by molar-refractivity contribution is 6.71. The topological polar surface area (TPSA) is 85.3 Å². The van der Waals surface area contributed by atoms with E-state index in [0.717, 1.165) is 11.6 Å². The van der Waals surface area contributed by atoms with Gasteiger partial charge in [0.2, 0.25) is 5.91 Å². The third-order valence-corrected chi connectivity index (χ3v) is 9.46. The highest BCUT2D eigenvalue weighted by atomic mass is 28.4. The number of carbonyl (C=O) groups is 2. The van der Waals surface area contributed by atoms with Gasteiger partial charge >= 0.3 is 5.97 Å². The monoisotopic (exact) mass is 449 g/mol. The fourth-order valence-corrected chi connectivity index (χ4v) is 7.97. The van der Waals surface area contributed by atoms with E-state index in [1.165, 1.54) is 12.0 Å². The fourth-order valence-electron chi connectivity index (χ4n) is 5.44. The second-order valence-electron chi connectivity index (χ2n) is 9.78. The van der Waals surface area contributed by atoms with Gasteiger partial charge in [-0.3, -0.25) is 4.79 Å². The summed E-state index contributed by atoms with van der Waals surface area (Å²) in [5, 5.41) is 11.5. The van der Waals surface area contributed by atoms with E-state index in [1.54, 1.807) is 7.11 Å². The summed E-state index contributed by atoms with van der Waals surface area (Å²) in [4.78, 5) is 28.8. The third kappa shape index (κ3) is 3.58. The lowest BCUT2D eigenvalue weighted by Crippen LogP contribution is -2.73. The molecule has 1 amide bonds. The Hall–Kier alpha value is -1.90. The molecule has 2 aliphatic heterocycles. The fraction of sp³-hybridized carbons (Fsp3) is 0.652. The van der Waals surface area contributed by atoms with Crippen LogP contribution in [0, 0.1) is 11.8 Å². The molecule has 0 bridgehead atoms. The first-order chi connectivity index (χ1) is 14.4. The van der Waals surface area contributed by atoms with Crippen LogP contribution in [0.2, 0.25) is 19.1 Å². The molecular formula is C23H35NO6Si. The van der Waals surface area contributed by atoms with Gasteiger partial charge in [0.25, 0.3) is 0 Å². The molecule has 4 atom stereocenters. The summed E-state index contributed by atoms with van der Waals surface area (Å²) in [5.41, 5.74) is -1.99. The van der Waals surface area contributed by atoms with Crippen molar-refractivity contribution < 1.29 is 28.6 Å². The van der Waals surface area contributed by atoms with E-state index < -0.39 is 37.4 Å². The van der Waals surface area contributed by atoms with Gasteiger partial charge in [0.05, 0.1) is 26.2 Å². The first kappa shape index (κ1) is 23.8. The van der Waals surface area contributed by atoms with Crippen LogP contribution in [0.3, 0.4) is 0 Å². The molecule has 172 valence electrons. The van der Waals surface area contributed by atoms with Crippen LogP contribution in [0.1, 0.15) is 32.8 Å². The number of aliphatic hydroxyl groups is 1. The van der Waals surface area contributed by atoms with Crippen LogP contribution in [0.15, 0.2) is 24.3 Å². The first-order valence-electron chi connectivity index (χ1n) is 10.9. The van der Waals surface area contributed by atoms with E-state index in [4.69, 9.17) is 13.9 Å². The number of esters is 1. The molecule has 3 rings (SSSR count). The predicted molar refractivity (Wildman–Crippen MR) is 119 cm³/mol. The van der Waals surface area contributed by atoms with Crippen LogP contribution in [0.25, 0.3) is 0 Å². The molecule has 2 aliphatic rings. The third-order valence-electron chi connectivity index (χ3n) is 6.99. The van der Waals surface area contributed by atoms with Crippen molar-refractivity contribution in [1.29, 1.82) is 0 Å². The number of nitrogens with zero attached hydrogens (tertiary/aromatic N) is 1. The number of methoxy groups -OCH3 is 2. The first-order valence-corrected chi connectivity index (χ1v) is 14.0. The maximum Gasteiger partial charge on any atom is 0.337 e. The Labute approximate surface area is 185 Å². The molecule has 0 aromatic heterocycles. The second kappa shape index (κ2) is 8.22. The molecule has 0 radical (unpaired) electrons. The van der Waals surface area contributed by atoms with Crippen LogP contribution in [-0.4, -0.2) is 61.7 Å². The van der Waals surface area contributed by atoms with Gasteiger partial charge in [-0.15, -0.1) is 0 Å². The van der Waals surface area contributed by atoms with Gasteiger partial charge in [0.15, 0.2) is 13.9 Å². The summed E-state index contributed by atoms with van der Waals surface area (Å²) in [5.74, 6) is -0.912. The maximum absolute atomic E-state index is 13.8. The SMILES string of the molecule is COC(=O)[C@]1([C@@H](O)C(C)C)N(Cc2ccc(OC)cc2)C(=O)[C@@H]2CC[Si](C)(C)O[C@@]21C. The van der Waals surface area contributed by atoms with Crippen LogP contribution in [0.4, 0.5) is 0 Å². The molecule has 2 fully saturated rings. The van der Waals surface area contributed by atoms with Crippen LogP contribution in [-0.2, 0) is 25.3 Å². The predicted octanol–water partition coefficient (Wildman–Crippen LogP) is 2.97. The number of benzene rings is 1. The number of amides is 1. The van der Waals surface area contributed by atoms with Crippen molar-refractivity contribution in [3.05, 3.63) is 29.8 Å². The van der Waals surface area contributed by atoms with Gasteiger partial charge in [-0.2, -0.15) is 0 Å². The number of carbonyl (C=O) groups excluding carboxylic acids is 2. The molecular weight excluding hydrogens is 414 g/mol. The Morgan fingerprint density at radius 3 is 2.42 bits per heavy atom. The number of likely N-dealkylation sites (tertiary alicyclic amines) is 1. The van der Waals surface area contributed by atoms with Crippen molar-refractivity contribution in [2.75, 3.05) is 14.2 Å². The minimum atomic E-state index is -2.15. The molecule has 0 saturated carbocycles. The summed E-state index contributed by atoms with van der Waals surface area (Å²) in [7, 11) is 0.738. The number of ether oxygens (including phenoxy) is 2. The molecule has 7 nitrogen and oxygen atoms in total. The van der Waals surface area contributed by atoms with Crippen molar-refractivity contribution in [3.8, 4) is 5.75 Å². The average molecular weight is 450 g/mol. The Morgan fingerprint density at radius 2 is 1.90 bits per heavy atom. The zero-order valence-electron chi connectivity index (χ0n) is 19.6. The van der Waals surface area contributed by atoms with Gasteiger partial charge < -0.3 is 23.9 Å². The zero-order valence-corrected chi connectivity index (χ0v) is 20.6.